The molecule has 1 N–H and O–H groups in total. The van der Waals surface area contributed by atoms with Crippen molar-refractivity contribution < 1.29 is 0 Å². The Kier molecular flexibility index (Phi) is 2.91. The largest absolute Gasteiger partial charge is 0.309 e. The second-order valence-electron chi connectivity index (χ2n) is 6.93. The van der Waals surface area contributed by atoms with E-state index in [1.165, 1.54) is 57.9 Å². The number of fused-ring (bicyclic) bond motifs is 3. The molecule has 2 atom stereocenters. The summed E-state index contributed by atoms with van der Waals surface area (Å²) in [4.78, 5) is 0. The Hall–Kier alpha value is -0.820. The Morgan fingerprint density at radius 2 is 1.84 bits per heavy atom. The van der Waals surface area contributed by atoms with Crippen molar-refractivity contribution in [3.05, 3.63) is 35.4 Å². The molecule has 1 heteroatoms. The number of nitrogens with one attached hydrogen (secondary N) is 1. The maximum atomic E-state index is 3.88. The van der Waals surface area contributed by atoms with Gasteiger partial charge in [-0.1, -0.05) is 43.5 Å². The molecule has 0 radical (unpaired) electrons. The lowest BCUT2D eigenvalue weighted by molar-refractivity contribution is 0.0467. The minimum atomic E-state index is 0.558. The molecule has 0 spiro atoms. The van der Waals surface area contributed by atoms with Crippen LogP contribution in [0.3, 0.4) is 0 Å². The van der Waals surface area contributed by atoms with E-state index in [0.717, 1.165) is 5.92 Å². The molecule has 1 aliphatic heterocycles. The lowest BCUT2D eigenvalue weighted by Gasteiger charge is -2.47. The molecule has 3 aliphatic rings. The average molecular weight is 255 g/mol. The van der Waals surface area contributed by atoms with Crippen molar-refractivity contribution in [2.75, 3.05) is 6.54 Å². The maximum Gasteiger partial charge on any atom is 0.0385 e. The second-order valence-corrected chi connectivity index (χ2v) is 6.93. The topological polar surface area (TPSA) is 12.0 Å². The Morgan fingerprint density at radius 3 is 2.74 bits per heavy atom. The molecule has 4 rings (SSSR count). The Bertz CT molecular complexity index is 461. The van der Waals surface area contributed by atoms with Gasteiger partial charge in [0.1, 0.15) is 0 Å². The van der Waals surface area contributed by atoms with Gasteiger partial charge >= 0.3 is 0 Å². The molecule has 19 heavy (non-hydrogen) atoms. The van der Waals surface area contributed by atoms with E-state index < -0.39 is 0 Å². The third-order valence-electron chi connectivity index (χ3n) is 6.05. The molecule has 102 valence electrons. The van der Waals surface area contributed by atoms with Crippen molar-refractivity contribution in [2.24, 2.45) is 11.3 Å². The first-order valence-corrected chi connectivity index (χ1v) is 8.21. The first-order valence-electron chi connectivity index (χ1n) is 8.21. The van der Waals surface area contributed by atoms with Gasteiger partial charge in [0.2, 0.25) is 0 Å². The van der Waals surface area contributed by atoms with Crippen LogP contribution in [0.5, 0.6) is 0 Å². The van der Waals surface area contributed by atoms with Crippen LogP contribution in [0.4, 0.5) is 0 Å². The van der Waals surface area contributed by atoms with Crippen LogP contribution in [0.1, 0.15) is 62.1 Å². The third kappa shape index (κ3) is 1.78. The molecule has 1 saturated carbocycles. The highest BCUT2D eigenvalue weighted by atomic mass is 15.0. The Balaban J connectivity index is 1.73. The summed E-state index contributed by atoms with van der Waals surface area (Å²) in [6.07, 6.45) is 11.5. The molecule has 1 aromatic rings. The van der Waals surface area contributed by atoms with Crippen LogP contribution in [-0.2, 0) is 6.42 Å². The minimum Gasteiger partial charge on any atom is -0.309 e. The average Bonchev–Trinajstić information content (AvgIpc) is 2.84. The molecule has 1 nitrogen and oxygen atoms in total. The minimum absolute atomic E-state index is 0.558. The first-order chi connectivity index (χ1) is 9.40. The summed E-state index contributed by atoms with van der Waals surface area (Å²) in [5.74, 6) is 0.964. The van der Waals surface area contributed by atoms with Gasteiger partial charge in [-0.25, -0.2) is 0 Å². The summed E-state index contributed by atoms with van der Waals surface area (Å²) < 4.78 is 0. The summed E-state index contributed by atoms with van der Waals surface area (Å²) in [7, 11) is 0. The lowest BCUT2D eigenvalue weighted by Crippen LogP contribution is -2.46. The normalized spacial score (nSPS) is 34.8. The summed E-state index contributed by atoms with van der Waals surface area (Å²) in [6.45, 7) is 1.22. The van der Waals surface area contributed by atoms with E-state index in [2.05, 4.69) is 29.6 Å². The molecule has 1 saturated heterocycles. The Labute approximate surface area is 116 Å². The molecule has 2 aliphatic carbocycles. The van der Waals surface area contributed by atoms with Crippen LogP contribution >= 0.6 is 0 Å². The van der Waals surface area contributed by atoms with Gasteiger partial charge in [0.25, 0.3) is 0 Å². The van der Waals surface area contributed by atoms with Crippen molar-refractivity contribution in [3.8, 4) is 0 Å². The van der Waals surface area contributed by atoms with E-state index in [9.17, 15) is 0 Å². The fourth-order valence-corrected chi connectivity index (χ4v) is 5.21. The summed E-state index contributed by atoms with van der Waals surface area (Å²) >= 11 is 0. The van der Waals surface area contributed by atoms with Gasteiger partial charge in [-0.05, 0) is 61.1 Å². The summed E-state index contributed by atoms with van der Waals surface area (Å²) in [5.41, 5.74) is 3.81. The van der Waals surface area contributed by atoms with Crippen LogP contribution < -0.4 is 5.32 Å². The highest BCUT2D eigenvalue weighted by Crippen LogP contribution is 2.57. The quantitative estimate of drug-likeness (QED) is 0.791. The number of benzene rings is 1. The number of hydrogen-bond donors (Lipinski definition) is 1. The zero-order valence-corrected chi connectivity index (χ0v) is 11.8. The van der Waals surface area contributed by atoms with Gasteiger partial charge < -0.3 is 5.32 Å². The fraction of sp³-hybridized carbons (Fsp3) is 0.667. The Morgan fingerprint density at radius 1 is 1.00 bits per heavy atom. The predicted octanol–water partition coefficient (Wildman–Crippen LogP) is 4.23. The van der Waals surface area contributed by atoms with Crippen LogP contribution in [0.2, 0.25) is 0 Å². The summed E-state index contributed by atoms with van der Waals surface area (Å²) in [5, 5.41) is 3.88. The molecule has 0 aromatic heterocycles. The summed E-state index contributed by atoms with van der Waals surface area (Å²) in [6, 6.07) is 9.86. The standard InChI is InChI=1S/C18H25N/c1-2-8-15(9-3-1)18-11-6-12-19-17(18)16-10-5-4-7-14(16)13-18/h4-5,7,10,15,17,19H,1-3,6,8-9,11-13H2/t17-,18-/m1/s1. The third-order valence-corrected chi connectivity index (χ3v) is 6.05. The van der Waals surface area contributed by atoms with Gasteiger partial charge in [-0.15, -0.1) is 0 Å². The zero-order chi connectivity index (χ0) is 12.7. The van der Waals surface area contributed by atoms with Crippen LogP contribution in [0.15, 0.2) is 24.3 Å². The number of rotatable bonds is 1. The van der Waals surface area contributed by atoms with Crippen LogP contribution in [0.25, 0.3) is 0 Å². The van der Waals surface area contributed by atoms with Gasteiger partial charge in [-0.2, -0.15) is 0 Å². The van der Waals surface area contributed by atoms with Crippen molar-refractivity contribution in [1.29, 1.82) is 0 Å². The first kappa shape index (κ1) is 12.0. The molecule has 0 amide bonds. The second kappa shape index (κ2) is 4.63. The lowest BCUT2D eigenvalue weighted by atomic mass is 9.61. The SMILES string of the molecule is c1ccc2c(c1)C[C@@]1(C3CCCCC3)CCCN[C@H]21. The van der Waals surface area contributed by atoms with Gasteiger partial charge in [0.05, 0.1) is 0 Å². The van der Waals surface area contributed by atoms with Gasteiger partial charge in [-0.3, -0.25) is 0 Å². The number of piperidine rings is 1. The molecule has 1 heterocycles. The van der Waals surface area contributed by atoms with E-state index in [-0.39, 0.29) is 0 Å². The van der Waals surface area contributed by atoms with E-state index in [1.54, 1.807) is 11.1 Å². The highest BCUT2D eigenvalue weighted by Gasteiger charge is 2.51. The van der Waals surface area contributed by atoms with Crippen LogP contribution in [-0.4, -0.2) is 6.54 Å². The van der Waals surface area contributed by atoms with Gasteiger partial charge in [0.15, 0.2) is 0 Å². The van der Waals surface area contributed by atoms with Crippen molar-refractivity contribution >= 4 is 0 Å². The fourth-order valence-electron chi connectivity index (χ4n) is 5.21. The van der Waals surface area contributed by atoms with Gasteiger partial charge in [0, 0.05) is 6.04 Å². The molecule has 2 fully saturated rings. The smallest absolute Gasteiger partial charge is 0.0385 e. The molecule has 0 bridgehead atoms. The van der Waals surface area contributed by atoms with E-state index in [4.69, 9.17) is 0 Å². The number of hydrogen-bond acceptors (Lipinski definition) is 1. The molecular weight excluding hydrogens is 230 g/mol. The van der Waals surface area contributed by atoms with Crippen molar-refractivity contribution in [2.45, 2.75) is 57.4 Å². The molecule has 0 unspecified atom stereocenters. The monoisotopic (exact) mass is 255 g/mol. The zero-order valence-electron chi connectivity index (χ0n) is 11.8. The molecule has 1 aromatic carbocycles. The van der Waals surface area contributed by atoms with Crippen molar-refractivity contribution in [1.82, 2.24) is 5.32 Å². The van der Waals surface area contributed by atoms with E-state index in [1.807, 2.05) is 0 Å². The van der Waals surface area contributed by atoms with Crippen molar-refractivity contribution in [3.63, 3.8) is 0 Å². The predicted molar refractivity (Wildman–Crippen MR) is 79.1 cm³/mol. The highest BCUT2D eigenvalue weighted by molar-refractivity contribution is 5.39. The molecular formula is C18H25N. The van der Waals surface area contributed by atoms with E-state index in [0.29, 0.717) is 11.5 Å². The van der Waals surface area contributed by atoms with E-state index >= 15 is 0 Å². The van der Waals surface area contributed by atoms with Crippen LogP contribution in [0, 0.1) is 11.3 Å². The maximum absolute atomic E-state index is 3.88.